The van der Waals surface area contributed by atoms with E-state index in [0.717, 1.165) is 25.5 Å². The van der Waals surface area contributed by atoms with E-state index in [9.17, 15) is 40.3 Å². The van der Waals surface area contributed by atoms with Crippen LogP contribution >= 0.6 is 0 Å². The van der Waals surface area contributed by atoms with Crippen molar-refractivity contribution in [2.24, 2.45) is 0 Å². The number of hydrogen-bond acceptors (Lipinski definition) is 2. The average Bonchev–Trinajstić information content (AvgIpc) is 3.16. The van der Waals surface area contributed by atoms with Crippen molar-refractivity contribution in [1.82, 2.24) is 0 Å². The van der Waals surface area contributed by atoms with Gasteiger partial charge >= 0.3 is 18.0 Å². The van der Waals surface area contributed by atoms with Gasteiger partial charge in [-0.25, -0.2) is 4.39 Å². The second kappa shape index (κ2) is 8.89. The maximum Gasteiger partial charge on any atom is 0.435 e. The molecule has 0 unspecified atom stereocenters. The Morgan fingerprint density at radius 1 is 0.838 bits per heavy atom. The number of benzene rings is 3. The Balaban J connectivity index is 1.62. The van der Waals surface area contributed by atoms with Crippen molar-refractivity contribution in [2.75, 3.05) is 10.2 Å². The lowest BCUT2D eigenvalue weighted by atomic mass is 9.88. The molecule has 194 valence electrons. The number of nitrogens with one attached hydrogen (secondary N) is 1. The molecule has 11 heteroatoms. The minimum absolute atomic E-state index is 0.0898. The number of alkyl halides is 7. The quantitative estimate of drug-likeness (QED) is 0.374. The van der Waals surface area contributed by atoms with E-state index in [-0.39, 0.29) is 22.7 Å². The second-order valence-electron chi connectivity index (χ2n) is 8.69. The monoisotopic (exact) mass is 524 g/mol. The highest BCUT2D eigenvalue weighted by molar-refractivity contribution is 6.11. The van der Waals surface area contributed by atoms with E-state index in [1.165, 1.54) is 23.1 Å². The van der Waals surface area contributed by atoms with E-state index < -0.39 is 35.1 Å². The van der Waals surface area contributed by atoms with Crippen molar-refractivity contribution < 1.29 is 40.3 Å². The Labute approximate surface area is 206 Å². The summed E-state index contributed by atoms with van der Waals surface area (Å²) in [5, 5.41) is 2.44. The molecule has 4 rings (SSSR count). The first-order chi connectivity index (χ1) is 17.1. The Hall–Kier alpha value is -3.89. The molecule has 0 bridgehead atoms. The average molecular weight is 524 g/mol. The molecule has 0 atom stereocenters. The van der Waals surface area contributed by atoms with Crippen molar-refractivity contribution in [3.63, 3.8) is 0 Å². The van der Waals surface area contributed by atoms with Gasteiger partial charge in [-0.2, -0.15) is 26.3 Å². The first-order valence-corrected chi connectivity index (χ1v) is 10.9. The first kappa shape index (κ1) is 26.2. The van der Waals surface area contributed by atoms with Crippen LogP contribution < -0.4 is 10.2 Å². The summed E-state index contributed by atoms with van der Waals surface area (Å²) >= 11 is 0. The maximum absolute atomic E-state index is 14.6. The summed E-state index contributed by atoms with van der Waals surface area (Å²) in [5.74, 6) is -0.973. The van der Waals surface area contributed by atoms with Gasteiger partial charge in [0.25, 0.3) is 11.8 Å². The van der Waals surface area contributed by atoms with Crippen LogP contribution in [0.1, 0.15) is 43.0 Å². The van der Waals surface area contributed by atoms with Crippen LogP contribution in [0.3, 0.4) is 0 Å². The second-order valence-corrected chi connectivity index (χ2v) is 8.69. The third kappa shape index (κ3) is 4.42. The lowest BCUT2D eigenvalue weighted by Gasteiger charge is -2.32. The van der Waals surface area contributed by atoms with E-state index in [1.54, 1.807) is 24.3 Å². The molecule has 2 amide bonds. The van der Waals surface area contributed by atoms with Gasteiger partial charge in [0.1, 0.15) is 0 Å². The van der Waals surface area contributed by atoms with Gasteiger partial charge in [-0.05, 0) is 66.9 Å². The van der Waals surface area contributed by atoms with Crippen LogP contribution in [0.15, 0.2) is 60.7 Å². The molecule has 1 aliphatic rings. The van der Waals surface area contributed by atoms with Crippen LogP contribution in [0.5, 0.6) is 0 Å². The largest absolute Gasteiger partial charge is 0.435 e. The van der Waals surface area contributed by atoms with Crippen molar-refractivity contribution in [3.05, 3.63) is 94.0 Å². The normalized spacial score (nSPS) is 14.1. The summed E-state index contributed by atoms with van der Waals surface area (Å²) in [6, 6.07) is 14.3. The predicted octanol–water partition coefficient (Wildman–Crippen LogP) is 7.01. The summed E-state index contributed by atoms with van der Waals surface area (Å²) in [4.78, 5) is 27.1. The highest BCUT2D eigenvalue weighted by Crippen LogP contribution is 2.54. The Morgan fingerprint density at radius 3 is 2.11 bits per heavy atom. The number of nitrogens with zero attached hydrogens (tertiary/aromatic N) is 1. The molecule has 1 N–H and O–H groups in total. The zero-order valence-corrected chi connectivity index (χ0v) is 19.4. The minimum Gasteiger partial charge on any atom is -0.322 e. The number of hydrogen-bond donors (Lipinski definition) is 1. The summed E-state index contributed by atoms with van der Waals surface area (Å²) in [6.07, 6.45) is -12.5. The molecule has 4 nitrogen and oxygen atoms in total. The number of halogens is 7. The molecule has 3 aromatic carbocycles. The first-order valence-electron chi connectivity index (χ1n) is 10.9. The van der Waals surface area contributed by atoms with Gasteiger partial charge in [-0.1, -0.05) is 24.3 Å². The third-order valence-electron chi connectivity index (χ3n) is 6.21. The smallest absolute Gasteiger partial charge is 0.322 e. The van der Waals surface area contributed by atoms with Gasteiger partial charge in [-0.15, -0.1) is 0 Å². The van der Waals surface area contributed by atoms with E-state index in [0.29, 0.717) is 23.9 Å². The van der Waals surface area contributed by atoms with Crippen molar-refractivity contribution in [3.8, 4) is 0 Å². The molecule has 0 saturated heterocycles. The fourth-order valence-electron chi connectivity index (χ4n) is 4.26. The van der Waals surface area contributed by atoms with Crippen molar-refractivity contribution in [1.29, 1.82) is 0 Å². The Bertz CT molecular complexity index is 1380. The summed E-state index contributed by atoms with van der Waals surface area (Å²) in [5.41, 5.74) is -6.25. The summed E-state index contributed by atoms with van der Waals surface area (Å²) in [6.45, 7) is 2.35. The molecule has 0 radical (unpaired) electrons. The number of fused-ring (bicyclic) bond motifs is 1. The minimum atomic E-state index is -6.25. The molecule has 3 aromatic rings. The zero-order valence-electron chi connectivity index (χ0n) is 19.4. The molecular weight excluding hydrogens is 505 g/mol. The molecular formula is C26H19F7N2O2. The lowest BCUT2D eigenvalue weighted by Crippen LogP contribution is -2.50. The van der Waals surface area contributed by atoms with E-state index >= 15 is 0 Å². The Kier molecular flexibility index (Phi) is 6.29. The zero-order chi connectivity index (χ0) is 27.3. The summed E-state index contributed by atoms with van der Waals surface area (Å²) < 4.78 is 93.9. The molecule has 0 fully saturated rings. The van der Waals surface area contributed by atoms with Crippen LogP contribution in [0, 0.1) is 13.8 Å². The molecule has 1 aliphatic heterocycles. The number of carbonyl (C=O) groups excluding carboxylic acids is 2. The van der Waals surface area contributed by atoms with Crippen LogP contribution in [-0.4, -0.2) is 24.2 Å². The van der Waals surface area contributed by atoms with Crippen molar-refractivity contribution in [2.45, 2.75) is 38.4 Å². The van der Waals surface area contributed by atoms with E-state index in [4.69, 9.17) is 0 Å². The Morgan fingerprint density at radius 2 is 1.49 bits per heavy atom. The molecule has 0 aromatic heterocycles. The number of aryl methyl sites for hydroxylation is 2. The van der Waals surface area contributed by atoms with Crippen LogP contribution in [0.2, 0.25) is 0 Å². The molecule has 0 spiro atoms. The SMILES string of the molecule is Cc1cc(C(F)(C(F)(F)F)C(F)(F)F)c(C)cc1NC(=O)c1cccc(N2Cc3ccccc3C2=O)c1. The number of amides is 2. The highest BCUT2D eigenvalue weighted by atomic mass is 19.4. The van der Waals surface area contributed by atoms with E-state index in [2.05, 4.69) is 5.32 Å². The van der Waals surface area contributed by atoms with Crippen LogP contribution in [0.4, 0.5) is 42.1 Å². The highest BCUT2D eigenvalue weighted by Gasteiger charge is 2.73. The fourth-order valence-corrected chi connectivity index (χ4v) is 4.26. The fraction of sp³-hybridized carbons (Fsp3) is 0.231. The molecule has 37 heavy (non-hydrogen) atoms. The summed E-state index contributed by atoms with van der Waals surface area (Å²) in [7, 11) is 0. The number of rotatable bonds is 4. The topological polar surface area (TPSA) is 49.4 Å². The van der Waals surface area contributed by atoms with Gasteiger partial charge < -0.3 is 10.2 Å². The number of anilines is 2. The maximum atomic E-state index is 14.6. The molecule has 1 heterocycles. The van der Waals surface area contributed by atoms with Gasteiger partial charge in [0.05, 0.1) is 6.54 Å². The molecule has 0 saturated carbocycles. The van der Waals surface area contributed by atoms with Crippen LogP contribution in [-0.2, 0) is 12.2 Å². The third-order valence-corrected chi connectivity index (χ3v) is 6.21. The number of carbonyl (C=O) groups is 2. The van der Waals surface area contributed by atoms with Gasteiger partial charge in [0, 0.05) is 28.1 Å². The van der Waals surface area contributed by atoms with Crippen molar-refractivity contribution >= 4 is 23.2 Å². The van der Waals surface area contributed by atoms with Crippen LogP contribution in [0.25, 0.3) is 0 Å². The predicted molar refractivity (Wildman–Crippen MR) is 122 cm³/mol. The lowest BCUT2D eigenvalue weighted by molar-refractivity contribution is -0.348. The van der Waals surface area contributed by atoms with Gasteiger partial charge in [-0.3, -0.25) is 9.59 Å². The van der Waals surface area contributed by atoms with Gasteiger partial charge in [0.2, 0.25) is 0 Å². The van der Waals surface area contributed by atoms with Gasteiger partial charge in [0.15, 0.2) is 0 Å². The molecule has 0 aliphatic carbocycles. The van der Waals surface area contributed by atoms with E-state index in [1.807, 2.05) is 6.07 Å². The standard InChI is InChI=1S/C26H19F7N2O2/c1-14-11-21(15(2)10-20(14)24(27,25(28,29)30)26(31,32)33)34-22(36)16-7-5-8-18(12-16)35-13-17-6-3-4-9-19(17)23(35)37/h3-12H,13H2,1-2H3,(H,34,36).